The summed E-state index contributed by atoms with van der Waals surface area (Å²) in [6.45, 7) is 4.56. The molecule has 25 heavy (non-hydrogen) atoms. The fraction of sp³-hybridized carbons (Fsp3) is 0.722. The van der Waals surface area contributed by atoms with E-state index in [-0.39, 0.29) is 11.6 Å². The van der Waals surface area contributed by atoms with Crippen LogP contribution in [0.4, 0.5) is 0 Å². The van der Waals surface area contributed by atoms with E-state index >= 15 is 0 Å². The number of likely N-dealkylation sites (tertiary alicyclic amines) is 1. The molecule has 0 radical (unpaired) electrons. The molecular weight excluding hydrogens is 318 g/mol. The number of ether oxygens (including phenoxy) is 2. The van der Waals surface area contributed by atoms with Crippen LogP contribution in [0.5, 0.6) is 0 Å². The van der Waals surface area contributed by atoms with Crippen LogP contribution >= 0.6 is 0 Å². The molecule has 0 spiro atoms. The molecule has 6 rings (SSSR count). The Morgan fingerprint density at radius 1 is 1.16 bits per heavy atom. The number of aromatic nitrogens is 1. The van der Waals surface area contributed by atoms with Crippen molar-refractivity contribution in [1.82, 2.24) is 14.9 Å². The number of hydrogen-bond donors (Lipinski definition) is 0. The van der Waals surface area contributed by atoms with Gasteiger partial charge in [-0.05, 0) is 25.0 Å². The van der Waals surface area contributed by atoms with Gasteiger partial charge in [-0.15, -0.1) is 0 Å². The monoisotopic (exact) mass is 341 g/mol. The molecule has 0 N–H and O–H groups in total. The SMILES string of the molecule is c1ccc(C23N=NN4C5CN(C6CCOCC6)C[C@@H]5OCC2C43)nc1. The van der Waals surface area contributed by atoms with E-state index in [1.807, 2.05) is 18.3 Å². The number of hydrogen-bond acceptors (Lipinski definition) is 7. The first-order valence-electron chi connectivity index (χ1n) is 9.44. The third kappa shape index (κ3) is 1.94. The van der Waals surface area contributed by atoms with Gasteiger partial charge in [-0.3, -0.25) is 14.9 Å². The highest BCUT2D eigenvalue weighted by Crippen LogP contribution is 2.63. The van der Waals surface area contributed by atoms with E-state index in [1.54, 1.807) is 0 Å². The minimum atomic E-state index is -0.266. The second-order valence-electron chi connectivity index (χ2n) is 7.90. The Bertz CT molecular complexity index is 694. The van der Waals surface area contributed by atoms with Crippen LogP contribution in [0, 0.1) is 5.92 Å². The molecule has 0 bridgehead atoms. The molecule has 4 unspecified atom stereocenters. The molecule has 1 saturated carbocycles. The van der Waals surface area contributed by atoms with Gasteiger partial charge in [0, 0.05) is 44.5 Å². The first-order chi connectivity index (χ1) is 12.4. The van der Waals surface area contributed by atoms with Gasteiger partial charge in [0.15, 0.2) is 5.54 Å². The molecule has 3 saturated heterocycles. The van der Waals surface area contributed by atoms with Crippen LogP contribution < -0.4 is 0 Å². The Balaban J connectivity index is 1.26. The fourth-order valence-electron chi connectivity index (χ4n) is 5.39. The van der Waals surface area contributed by atoms with Gasteiger partial charge >= 0.3 is 0 Å². The molecule has 0 amide bonds. The van der Waals surface area contributed by atoms with Crippen molar-refractivity contribution >= 4 is 0 Å². The van der Waals surface area contributed by atoms with Gasteiger partial charge < -0.3 is 9.47 Å². The Morgan fingerprint density at radius 3 is 2.92 bits per heavy atom. The van der Waals surface area contributed by atoms with Gasteiger partial charge in [-0.1, -0.05) is 11.3 Å². The fourth-order valence-corrected chi connectivity index (χ4v) is 5.39. The van der Waals surface area contributed by atoms with Gasteiger partial charge in [-0.25, -0.2) is 0 Å². The van der Waals surface area contributed by atoms with E-state index in [9.17, 15) is 0 Å². The largest absolute Gasteiger partial charge is 0.381 e. The lowest BCUT2D eigenvalue weighted by atomic mass is 10.1. The standard InChI is InChI=1S/C18H23N5O2/c1-2-6-19-16(3-1)18-13-11-25-15-10-22(12-4-7-24-8-5-12)9-14(15)23(17(13)18)21-20-18/h1-3,6,12-15,17H,4-5,7-11H2/t13?,14?,15-,17?,18?/m0/s1. The second kappa shape index (κ2) is 5.22. The number of pyridine rings is 1. The smallest absolute Gasteiger partial charge is 0.155 e. The maximum absolute atomic E-state index is 6.37. The Hall–Kier alpha value is -1.57. The Labute approximate surface area is 147 Å². The highest BCUT2D eigenvalue weighted by molar-refractivity contribution is 5.36. The summed E-state index contributed by atoms with van der Waals surface area (Å²) in [5, 5.41) is 11.6. The third-order valence-corrected chi connectivity index (χ3v) is 6.76. The van der Waals surface area contributed by atoms with E-state index in [2.05, 4.69) is 26.2 Å². The summed E-state index contributed by atoms with van der Waals surface area (Å²) in [6, 6.07) is 7.34. The molecule has 5 aliphatic rings. The molecule has 1 aromatic heterocycles. The first kappa shape index (κ1) is 14.6. The van der Waals surface area contributed by atoms with Crippen molar-refractivity contribution in [1.29, 1.82) is 0 Å². The molecule has 7 nitrogen and oxygen atoms in total. The van der Waals surface area contributed by atoms with Crippen molar-refractivity contribution in [3.63, 3.8) is 0 Å². The van der Waals surface area contributed by atoms with Gasteiger partial charge in [0.05, 0.1) is 30.5 Å². The maximum Gasteiger partial charge on any atom is 0.155 e. The molecule has 5 atom stereocenters. The van der Waals surface area contributed by atoms with Crippen molar-refractivity contribution in [3.8, 4) is 0 Å². The van der Waals surface area contributed by atoms with Crippen molar-refractivity contribution in [2.24, 2.45) is 16.3 Å². The van der Waals surface area contributed by atoms with Gasteiger partial charge in [0.1, 0.15) is 0 Å². The van der Waals surface area contributed by atoms with E-state index in [1.165, 1.54) is 0 Å². The maximum atomic E-state index is 6.37. The van der Waals surface area contributed by atoms with Gasteiger partial charge in [0.2, 0.25) is 0 Å². The van der Waals surface area contributed by atoms with Crippen LogP contribution in [0.25, 0.3) is 0 Å². The lowest BCUT2D eigenvalue weighted by Gasteiger charge is -2.31. The molecule has 0 aromatic carbocycles. The lowest BCUT2D eigenvalue weighted by Crippen LogP contribution is -2.42. The van der Waals surface area contributed by atoms with E-state index in [0.717, 1.165) is 51.4 Å². The Morgan fingerprint density at radius 2 is 2.08 bits per heavy atom. The molecule has 5 heterocycles. The minimum Gasteiger partial charge on any atom is -0.381 e. The van der Waals surface area contributed by atoms with Crippen LogP contribution in [-0.4, -0.2) is 72.0 Å². The van der Waals surface area contributed by atoms with E-state index < -0.39 is 0 Å². The zero-order chi connectivity index (χ0) is 16.4. The van der Waals surface area contributed by atoms with Crippen LogP contribution in [0.1, 0.15) is 18.5 Å². The first-order valence-corrected chi connectivity index (χ1v) is 9.44. The third-order valence-electron chi connectivity index (χ3n) is 6.76. The van der Waals surface area contributed by atoms with Crippen molar-refractivity contribution in [2.45, 2.75) is 42.6 Å². The number of fused-ring (bicyclic) bond motifs is 3. The molecule has 4 fully saturated rings. The minimum absolute atomic E-state index is 0.245. The molecule has 7 heteroatoms. The molecule has 132 valence electrons. The van der Waals surface area contributed by atoms with Crippen LogP contribution in [0.3, 0.4) is 0 Å². The summed E-state index contributed by atoms with van der Waals surface area (Å²) < 4.78 is 11.9. The molecular formula is C18H23N5O2. The predicted octanol–water partition coefficient (Wildman–Crippen LogP) is 1.22. The molecule has 1 aromatic rings. The van der Waals surface area contributed by atoms with E-state index in [0.29, 0.717) is 24.0 Å². The normalized spacial score (nSPS) is 43.0. The zero-order valence-corrected chi connectivity index (χ0v) is 14.2. The second-order valence-corrected chi connectivity index (χ2v) is 7.90. The topological polar surface area (TPSA) is 62.6 Å². The summed E-state index contributed by atoms with van der Waals surface area (Å²) in [4.78, 5) is 7.17. The van der Waals surface area contributed by atoms with Crippen LogP contribution in [-0.2, 0) is 15.0 Å². The highest BCUT2D eigenvalue weighted by atomic mass is 16.5. The Kier molecular flexibility index (Phi) is 3.04. The summed E-state index contributed by atoms with van der Waals surface area (Å²) in [7, 11) is 0. The van der Waals surface area contributed by atoms with Crippen LogP contribution in [0.2, 0.25) is 0 Å². The van der Waals surface area contributed by atoms with Crippen molar-refractivity contribution in [3.05, 3.63) is 30.1 Å². The summed E-state index contributed by atoms with van der Waals surface area (Å²) in [5.74, 6) is 0.391. The van der Waals surface area contributed by atoms with Crippen LogP contribution in [0.15, 0.2) is 34.7 Å². The number of nitrogens with zero attached hydrogens (tertiary/aromatic N) is 5. The number of rotatable bonds is 2. The lowest BCUT2D eigenvalue weighted by molar-refractivity contribution is 0.0172. The van der Waals surface area contributed by atoms with Gasteiger partial charge in [-0.2, -0.15) is 5.11 Å². The highest BCUT2D eigenvalue weighted by Gasteiger charge is 2.76. The average molecular weight is 341 g/mol. The van der Waals surface area contributed by atoms with Crippen molar-refractivity contribution < 1.29 is 9.47 Å². The zero-order valence-electron chi connectivity index (χ0n) is 14.2. The summed E-state index contributed by atoms with van der Waals surface area (Å²) >= 11 is 0. The average Bonchev–Trinajstić information content (AvgIpc) is 2.98. The van der Waals surface area contributed by atoms with E-state index in [4.69, 9.17) is 14.6 Å². The quantitative estimate of drug-likeness (QED) is 0.809. The van der Waals surface area contributed by atoms with Gasteiger partial charge in [0.25, 0.3) is 0 Å². The van der Waals surface area contributed by atoms with Crippen molar-refractivity contribution in [2.75, 3.05) is 32.9 Å². The summed E-state index contributed by atoms with van der Waals surface area (Å²) in [6.07, 6.45) is 4.36. The summed E-state index contributed by atoms with van der Waals surface area (Å²) in [5.41, 5.74) is 0.774. The molecule has 1 aliphatic carbocycles. The molecule has 4 aliphatic heterocycles. The predicted molar refractivity (Wildman–Crippen MR) is 88.8 cm³/mol.